The fraction of sp³-hybridized carbons (Fsp3) is 0.120. The van der Waals surface area contributed by atoms with Gasteiger partial charge in [-0.25, -0.2) is 5.43 Å². The van der Waals surface area contributed by atoms with E-state index in [9.17, 15) is 4.79 Å². The van der Waals surface area contributed by atoms with Crippen molar-refractivity contribution in [3.8, 4) is 0 Å². The van der Waals surface area contributed by atoms with Crippen molar-refractivity contribution in [2.45, 2.75) is 11.8 Å². The predicted octanol–water partition coefficient (Wildman–Crippen LogP) is 4.81. The second-order valence-corrected chi connectivity index (χ2v) is 6.98. The van der Waals surface area contributed by atoms with Gasteiger partial charge in [0, 0.05) is 11.6 Å². The minimum Gasteiger partial charge on any atom is -0.273 e. The largest absolute Gasteiger partial charge is 0.273 e. The van der Waals surface area contributed by atoms with Crippen LogP contribution in [-0.4, -0.2) is 12.1 Å². The molecule has 0 aliphatic heterocycles. The van der Waals surface area contributed by atoms with Crippen LogP contribution in [0, 0.1) is 5.92 Å². The van der Waals surface area contributed by atoms with Gasteiger partial charge in [-0.3, -0.25) is 4.79 Å². The lowest BCUT2D eigenvalue weighted by Crippen LogP contribution is -2.25. The quantitative estimate of drug-likeness (QED) is 0.494. The molecule has 3 aromatic carbocycles. The number of hydrogen-bond acceptors (Lipinski definition) is 2. The first-order chi connectivity index (χ1) is 13.8. The summed E-state index contributed by atoms with van der Waals surface area (Å²) in [7, 11) is 0. The number of amides is 1. The molecule has 3 aromatic rings. The maximum atomic E-state index is 12.8. The minimum atomic E-state index is -0.262. The van der Waals surface area contributed by atoms with Gasteiger partial charge in [-0.2, -0.15) is 5.10 Å². The number of benzene rings is 3. The second kappa shape index (κ2) is 8.05. The Hall–Kier alpha value is -3.46. The molecule has 1 amide bonds. The number of carbonyl (C=O) groups is 1. The predicted molar refractivity (Wildman–Crippen MR) is 114 cm³/mol. The smallest absolute Gasteiger partial charge is 0.244 e. The first-order valence-corrected chi connectivity index (χ1v) is 9.46. The zero-order valence-corrected chi connectivity index (χ0v) is 15.5. The molecule has 0 heterocycles. The van der Waals surface area contributed by atoms with Crippen LogP contribution in [0.2, 0.25) is 0 Å². The van der Waals surface area contributed by atoms with E-state index in [1.54, 1.807) is 6.21 Å². The Balaban J connectivity index is 1.46. The van der Waals surface area contributed by atoms with E-state index in [0.29, 0.717) is 0 Å². The number of hydrogen-bond donors (Lipinski definition) is 1. The summed E-state index contributed by atoms with van der Waals surface area (Å²) in [5, 5.41) is 4.09. The Kier molecular flexibility index (Phi) is 5.16. The number of rotatable bonds is 6. The van der Waals surface area contributed by atoms with Crippen LogP contribution in [0.5, 0.6) is 0 Å². The molecule has 0 bridgehead atoms. The molecule has 1 unspecified atom stereocenters. The van der Waals surface area contributed by atoms with Crippen LogP contribution in [0.1, 0.15) is 23.1 Å². The van der Waals surface area contributed by atoms with E-state index in [0.717, 1.165) is 12.0 Å². The standard InChI is InChI=1S/C25H22N2O/c28-24(27-26-18-10-13-20-11-4-1-5-12-20)23-19-25(23,21-14-6-2-7-15-21)22-16-8-3-9-17-22/h1-18,23H,19H2,(H,27,28)/b13-10+,26-18+. The summed E-state index contributed by atoms with van der Waals surface area (Å²) in [6.07, 6.45) is 6.18. The van der Waals surface area contributed by atoms with Gasteiger partial charge in [0.1, 0.15) is 0 Å². The average molecular weight is 366 g/mol. The molecule has 3 nitrogen and oxygen atoms in total. The highest BCUT2D eigenvalue weighted by Crippen LogP contribution is 2.58. The van der Waals surface area contributed by atoms with Crippen molar-refractivity contribution in [3.05, 3.63) is 114 Å². The zero-order chi connectivity index (χ0) is 19.2. The molecule has 0 radical (unpaired) electrons. The summed E-state index contributed by atoms with van der Waals surface area (Å²) in [5.74, 6) is -0.162. The van der Waals surface area contributed by atoms with Gasteiger partial charge in [0.05, 0.1) is 5.92 Å². The third-order valence-electron chi connectivity index (χ3n) is 5.28. The SMILES string of the molecule is O=C(N/N=C/C=C/c1ccccc1)C1CC1(c1ccccc1)c1ccccc1. The fourth-order valence-electron chi connectivity index (χ4n) is 3.80. The summed E-state index contributed by atoms with van der Waals surface area (Å²) < 4.78 is 0. The van der Waals surface area contributed by atoms with Crippen molar-refractivity contribution in [2.75, 3.05) is 0 Å². The van der Waals surface area contributed by atoms with Crippen molar-refractivity contribution in [1.29, 1.82) is 0 Å². The van der Waals surface area contributed by atoms with Crippen LogP contribution in [0.4, 0.5) is 0 Å². The Labute approximate surface area is 165 Å². The molecule has 4 rings (SSSR count). The topological polar surface area (TPSA) is 41.5 Å². The van der Waals surface area contributed by atoms with E-state index in [1.807, 2.05) is 78.9 Å². The average Bonchev–Trinajstić information content (AvgIpc) is 3.53. The Morgan fingerprint density at radius 3 is 1.96 bits per heavy atom. The number of nitrogens with zero attached hydrogens (tertiary/aromatic N) is 1. The highest BCUT2D eigenvalue weighted by atomic mass is 16.2. The third kappa shape index (κ3) is 3.65. The van der Waals surface area contributed by atoms with E-state index in [4.69, 9.17) is 0 Å². The lowest BCUT2D eigenvalue weighted by atomic mass is 9.85. The Morgan fingerprint density at radius 1 is 0.857 bits per heavy atom. The molecule has 1 aliphatic carbocycles. The van der Waals surface area contributed by atoms with Crippen LogP contribution in [0.15, 0.2) is 102 Å². The zero-order valence-electron chi connectivity index (χ0n) is 15.5. The van der Waals surface area contributed by atoms with E-state index in [2.05, 4.69) is 34.8 Å². The van der Waals surface area contributed by atoms with E-state index >= 15 is 0 Å². The van der Waals surface area contributed by atoms with Crippen LogP contribution in [-0.2, 0) is 10.2 Å². The lowest BCUT2D eigenvalue weighted by molar-refractivity contribution is -0.122. The second-order valence-electron chi connectivity index (χ2n) is 6.98. The monoisotopic (exact) mass is 366 g/mol. The molecule has 3 heteroatoms. The molecule has 1 N–H and O–H groups in total. The normalized spacial score (nSPS) is 17.6. The van der Waals surface area contributed by atoms with E-state index < -0.39 is 0 Å². The number of hydrazone groups is 1. The molecule has 0 aromatic heterocycles. The molecule has 0 spiro atoms. The summed E-state index contributed by atoms with van der Waals surface area (Å²) >= 11 is 0. The van der Waals surface area contributed by atoms with E-state index in [1.165, 1.54) is 11.1 Å². The van der Waals surface area contributed by atoms with Crippen molar-refractivity contribution >= 4 is 18.2 Å². The van der Waals surface area contributed by atoms with Gasteiger partial charge in [0.15, 0.2) is 0 Å². The van der Waals surface area contributed by atoms with Gasteiger partial charge in [-0.15, -0.1) is 0 Å². The molecule has 1 atom stereocenters. The van der Waals surface area contributed by atoms with Gasteiger partial charge >= 0.3 is 0 Å². The van der Waals surface area contributed by atoms with Crippen molar-refractivity contribution in [1.82, 2.24) is 5.43 Å². The molecule has 1 saturated carbocycles. The van der Waals surface area contributed by atoms with Crippen LogP contribution < -0.4 is 5.43 Å². The fourth-order valence-corrected chi connectivity index (χ4v) is 3.80. The van der Waals surface area contributed by atoms with E-state index in [-0.39, 0.29) is 17.2 Å². The van der Waals surface area contributed by atoms with Crippen molar-refractivity contribution < 1.29 is 4.79 Å². The number of carbonyl (C=O) groups excluding carboxylic acids is 1. The summed E-state index contributed by atoms with van der Waals surface area (Å²) in [5.41, 5.74) is 5.89. The lowest BCUT2D eigenvalue weighted by Gasteiger charge is -2.18. The molecule has 1 fully saturated rings. The first kappa shape index (κ1) is 17.9. The number of allylic oxidation sites excluding steroid dienone is 1. The van der Waals surface area contributed by atoms with Crippen molar-refractivity contribution in [2.24, 2.45) is 11.0 Å². The highest BCUT2D eigenvalue weighted by Gasteiger charge is 2.60. The van der Waals surface area contributed by atoms with Gasteiger partial charge < -0.3 is 0 Å². The van der Waals surface area contributed by atoms with Gasteiger partial charge in [-0.05, 0) is 29.2 Å². The molecule has 138 valence electrons. The van der Waals surface area contributed by atoms with Crippen molar-refractivity contribution in [3.63, 3.8) is 0 Å². The minimum absolute atomic E-state index is 0.0444. The Bertz CT molecular complexity index is 939. The van der Waals surface area contributed by atoms with Gasteiger partial charge in [-0.1, -0.05) is 97.1 Å². The first-order valence-electron chi connectivity index (χ1n) is 9.46. The van der Waals surface area contributed by atoms with Gasteiger partial charge in [0.25, 0.3) is 0 Å². The van der Waals surface area contributed by atoms with Gasteiger partial charge in [0.2, 0.25) is 5.91 Å². The highest BCUT2D eigenvalue weighted by molar-refractivity contribution is 5.87. The summed E-state index contributed by atoms with van der Waals surface area (Å²) in [6, 6.07) is 30.5. The van der Waals surface area contributed by atoms with Crippen LogP contribution in [0.25, 0.3) is 6.08 Å². The molecule has 1 aliphatic rings. The molecular formula is C25H22N2O. The third-order valence-corrected chi connectivity index (χ3v) is 5.28. The Morgan fingerprint density at radius 2 is 1.39 bits per heavy atom. The molecule has 0 saturated heterocycles. The van der Waals surface area contributed by atoms with Crippen LogP contribution in [0.3, 0.4) is 0 Å². The molecular weight excluding hydrogens is 344 g/mol. The maximum absolute atomic E-state index is 12.8. The number of nitrogens with one attached hydrogen (secondary N) is 1. The maximum Gasteiger partial charge on any atom is 0.244 e. The summed E-state index contributed by atoms with van der Waals surface area (Å²) in [4.78, 5) is 12.8. The molecule has 28 heavy (non-hydrogen) atoms. The van der Waals surface area contributed by atoms with Crippen LogP contribution >= 0.6 is 0 Å². The summed E-state index contributed by atoms with van der Waals surface area (Å²) in [6.45, 7) is 0.